The Hall–Kier alpha value is -1.35. The molecule has 1 aromatic rings. The van der Waals surface area contributed by atoms with Crippen LogP contribution in [0, 0.1) is 6.92 Å². The zero-order valence-corrected chi connectivity index (χ0v) is 11.1. The van der Waals surface area contributed by atoms with E-state index < -0.39 is 11.5 Å². The van der Waals surface area contributed by atoms with Gasteiger partial charge in [0.05, 0.1) is 0 Å². The molecule has 1 aliphatic rings. The molecule has 98 valence electrons. The molecule has 3 heteroatoms. The van der Waals surface area contributed by atoms with Crippen molar-refractivity contribution < 1.29 is 9.90 Å². The van der Waals surface area contributed by atoms with Gasteiger partial charge in [-0.05, 0) is 50.9 Å². The largest absolute Gasteiger partial charge is 0.480 e. The van der Waals surface area contributed by atoms with Crippen molar-refractivity contribution in [3.05, 3.63) is 35.4 Å². The molecule has 1 unspecified atom stereocenters. The van der Waals surface area contributed by atoms with E-state index in [0.29, 0.717) is 0 Å². The van der Waals surface area contributed by atoms with Crippen molar-refractivity contribution in [3.8, 4) is 0 Å². The third kappa shape index (κ3) is 2.15. The number of hydrogen-bond acceptors (Lipinski definition) is 2. The number of carbonyl (C=O) groups is 1. The second kappa shape index (κ2) is 5.11. The first-order valence-electron chi connectivity index (χ1n) is 6.61. The van der Waals surface area contributed by atoms with Crippen LogP contribution in [-0.2, 0) is 10.3 Å². The first-order valence-corrected chi connectivity index (χ1v) is 6.61. The van der Waals surface area contributed by atoms with Crippen LogP contribution in [0.25, 0.3) is 0 Å². The Bertz CT molecular complexity index is 438. The summed E-state index contributed by atoms with van der Waals surface area (Å²) in [4.78, 5) is 13.9. The predicted molar refractivity (Wildman–Crippen MR) is 71.6 cm³/mol. The van der Waals surface area contributed by atoms with E-state index in [1.807, 2.05) is 38.1 Å². The van der Waals surface area contributed by atoms with Crippen LogP contribution < -0.4 is 0 Å². The van der Waals surface area contributed by atoms with Gasteiger partial charge in [-0.3, -0.25) is 4.90 Å². The molecule has 0 radical (unpaired) electrons. The molecule has 1 atom stereocenters. The fourth-order valence-electron chi connectivity index (χ4n) is 2.88. The van der Waals surface area contributed by atoms with Gasteiger partial charge in [0.2, 0.25) is 0 Å². The van der Waals surface area contributed by atoms with E-state index in [1.165, 1.54) is 6.42 Å². The number of aliphatic carboxylic acids is 1. The Morgan fingerprint density at radius 3 is 2.39 bits per heavy atom. The lowest BCUT2D eigenvalue weighted by atomic mass is 9.85. The lowest BCUT2D eigenvalue weighted by molar-refractivity contribution is -0.152. The lowest BCUT2D eigenvalue weighted by Gasteiger charge is -2.41. The minimum absolute atomic E-state index is 0.751. The van der Waals surface area contributed by atoms with E-state index in [2.05, 4.69) is 4.90 Å². The van der Waals surface area contributed by atoms with Crippen LogP contribution in [0.15, 0.2) is 24.3 Å². The molecule has 0 saturated carbocycles. The molecule has 0 aromatic heterocycles. The van der Waals surface area contributed by atoms with Crippen molar-refractivity contribution in [2.75, 3.05) is 13.1 Å². The SMILES string of the molecule is Cc1ccccc1C(C)(C(=O)O)N1CCCCC1. The minimum Gasteiger partial charge on any atom is -0.480 e. The van der Waals surface area contributed by atoms with Gasteiger partial charge in [0.25, 0.3) is 0 Å². The summed E-state index contributed by atoms with van der Waals surface area (Å²) in [7, 11) is 0. The average Bonchev–Trinajstić information content (AvgIpc) is 2.39. The molecule has 0 spiro atoms. The van der Waals surface area contributed by atoms with Gasteiger partial charge in [-0.2, -0.15) is 0 Å². The summed E-state index contributed by atoms with van der Waals surface area (Å²) < 4.78 is 0. The molecule has 1 heterocycles. The molecule has 0 bridgehead atoms. The van der Waals surface area contributed by atoms with Gasteiger partial charge in [0.15, 0.2) is 0 Å². The Kier molecular flexibility index (Phi) is 3.71. The van der Waals surface area contributed by atoms with Gasteiger partial charge in [-0.25, -0.2) is 4.79 Å². The number of nitrogens with zero attached hydrogens (tertiary/aromatic N) is 1. The summed E-state index contributed by atoms with van der Waals surface area (Å²) >= 11 is 0. The molecule has 1 aromatic carbocycles. The maximum absolute atomic E-state index is 11.8. The molecular formula is C15H21NO2. The Morgan fingerprint density at radius 1 is 1.22 bits per heavy atom. The third-order valence-corrected chi connectivity index (χ3v) is 4.07. The molecular weight excluding hydrogens is 226 g/mol. The maximum Gasteiger partial charge on any atom is 0.328 e. The quantitative estimate of drug-likeness (QED) is 0.893. The number of piperidine rings is 1. The topological polar surface area (TPSA) is 40.5 Å². The highest BCUT2D eigenvalue weighted by molar-refractivity contribution is 5.80. The molecule has 18 heavy (non-hydrogen) atoms. The third-order valence-electron chi connectivity index (χ3n) is 4.07. The number of carboxylic acids is 1. The Labute approximate surface area is 108 Å². The fourth-order valence-corrected chi connectivity index (χ4v) is 2.88. The number of benzene rings is 1. The fraction of sp³-hybridized carbons (Fsp3) is 0.533. The van der Waals surface area contributed by atoms with Crippen LogP contribution >= 0.6 is 0 Å². The van der Waals surface area contributed by atoms with Crippen molar-refractivity contribution in [3.63, 3.8) is 0 Å². The molecule has 0 amide bonds. The van der Waals surface area contributed by atoms with E-state index in [1.54, 1.807) is 0 Å². The van der Waals surface area contributed by atoms with E-state index >= 15 is 0 Å². The number of aryl methyl sites for hydroxylation is 1. The van der Waals surface area contributed by atoms with Gasteiger partial charge in [-0.1, -0.05) is 30.7 Å². The van der Waals surface area contributed by atoms with E-state index in [9.17, 15) is 9.90 Å². The Balaban J connectivity index is 2.43. The molecule has 3 nitrogen and oxygen atoms in total. The van der Waals surface area contributed by atoms with Crippen molar-refractivity contribution in [2.24, 2.45) is 0 Å². The van der Waals surface area contributed by atoms with Crippen LogP contribution in [0.4, 0.5) is 0 Å². The Morgan fingerprint density at radius 2 is 1.83 bits per heavy atom. The minimum atomic E-state index is -0.897. The normalized spacial score (nSPS) is 20.3. The summed E-state index contributed by atoms with van der Waals surface area (Å²) in [5.41, 5.74) is 1.07. The predicted octanol–water partition coefficient (Wildman–Crippen LogP) is 2.78. The smallest absolute Gasteiger partial charge is 0.328 e. The van der Waals surface area contributed by atoms with Crippen LogP contribution in [0.5, 0.6) is 0 Å². The van der Waals surface area contributed by atoms with Crippen molar-refractivity contribution in [2.45, 2.75) is 38.6 Å². The first-order chi connectivity index (χ1) is 8.56. The number of carboxylic acid groups (broad SMARTS) is 1. The zero-order chi connectivity index (χ0) is 13.2. The van der Waals surface area contributed by atoms with Crippen LogP contribution in [0.1, 0.15) is 37.3 Å². The van der Waals surface area contributed by atoms with Crippen LogP contribution in [-0.4, -0.2) is 29.1 Å². The van der Waals surface area contributed by atoms with Gasteiger partial charge in [-0.15, -0.1) is 0 Å². The second-order valence-electron chi connectivity index (χ2n) is 5.24. The molecule has 2 rings (SSSR count). The summed E-state index contributed by atoms with van der Waals surface area (Å²) in [5, 5.41) is 9.72. The first kappa shape index (κ1) is 13.1. The number of rotatable bonds is 3. The van der Waals surface area contributed by atoms with Crippen LogP contribution in [0.2, 0.25) is 0 Å². The van der Waals surface area contributed by atoms with Gasteiger partial charge in [0, 0.05) is 0 Å². The van der Waals surface area contributed by atoms with Crippen LogP contribution in [0.3, 0.4) is 0 Å². The number of likely N-dealkylation sites (tertiary alicyclic amines) is 1. The molecule has 0 aliphatic carbocycles. The molecule has 1 N–H and O–H groups in total. The van der Waals surface area contributed by atoms with E-state index in [4.69, 9.17) is 0 Å². The molecule has 1 saturated heterocycles. The zero-order valence-electron chi connectivity index (χ0n) is 11.1. The highest BCUT2D eigenvalue weighted by atomic mass is 16.4. The van der Waals surface area contributed by atoms with Crippen molar-refractivity contribution >= 4 is 5.97 Å². The number of hydrogen-bond donors (Lipinski definition) is 1. The monoisotopic (exact) mass is 247 g/mol. The highest BCUT2D eigenvalue weighted by Gasteiger charge is 2.42. The maximum atomic E-state index is 11.8. The standard InChI is InChI=1S/C15H21NO2/c1-12-8-4-5-9-13(12)15(2,14(17)18)16-10-6-3-7-11-16/h4-5,8-9H,3,6-7,10-11H2,1-2H3,(H,17,18). The average molecular weight is 247 g/mol. The van der Waals surface area contributed by atoms with E-state index in [0.717, 1.165) is 37.1 Å². The van der Waals surface area contributed by atoms with Gasteiger partial charge < -0.3 is 5.11 Å². The summed E-state index contributed by atoms with van der Waals surface area (Å²) in [6.07, 6.45) is 3.39. The van der Waals surface area contributed by atoms with Gasteiger partial charge in [0.1, 0.15) is 5.54 Å². The second-order valence-corrected chi connectivity index (χ2v) is 5.24. The molecule has 1 aliphatic heterocycles. The summed E-state index contributed by atoms with van der Waals surface area (Å²) in [6, 6.07) is 7.81. The van der Waals surface area contributed by atoms with Gasteiger partial charge >= 0.3 is 5.97 Å². The summed E-state index contributed by atoms with van der Waals surface area (Å²) in [6.45, 7) is 5.57. The highest BCUT2D eigenvalue weighted by Crippen LogP contribution is 2.33. The molecule has 1 fully saturated rings. The van der Waals surface area contributed by atoms with E-state index in [-0.39, 0.29) is 0 Å². The van der Waals surface area contributed by atoms with Crippen molar-refractivity contribution in [1.82, 2.24) is 4.90 Å². The lowest BCUT2D eigenvalue weighted by Crippen LogP contribution is -2.52. The van der Waals surface area contributed by atoms with Crippen molar-refractivity contribution in [1.29, 1.82) is 0 Å². The summed E-state index contributed by atoms with van der Waals surface area (Å²) in [5.74, 6) is -0.751.